The molecule has 0 aromatic carbocycles. The van der Waals surface area contributed by atoms with Crippen molar-refractivity contribution in [2.24, 2.45) is 4.99 Å². The Morgan fingerprint density at radius 1 is 1.25 bits per heavy atom. The molecule has 0 unspecified atom stereocenters. The molecule has 0 aliphatic rings. The summed E-state index contributed by atoms with van der Waals surface area (Å²) in [6, 6.07) is 3.56. The zero-order valence-electron chi connectivity index (χ0n) is 14.7. The zero-order valence-corrected chi connectivity index (χ0v) is 14.7. The first kappa shape index (κ1) is 19.9. The number of ether oxygens (including phenoxy) is 1. The molecule has 0 atom stereocenters. The van der Waals surface area contributed by atoms with Crippen LogP contribution in [0.5, 0.6) is 0 Å². The Morgan fingerprint density at radius 3 is 2.79 bits per heavy atom. The van der Waals surface area contributed by atoms with Gasteiger partial charge in [-0.15, -0.1) is 0 Å². The number of pyridine rings is 1. The number of unbranched alkanes of at least 4 members (excludes halogenated alkanes) is 1. The lowest BCUT2D eigenvalue weighted by atomic mass is 10.4. The number of guanidine groups is 1. The number of hydrogen-bond donors (Lipinski definition) is 3. The van der Waals surface area contributed by atoms with E-state index in [2.05, 4.69) is 32.9 Å². The second kappa shape index (κ2) is 13.3. The summed E-state index contributed by atoms with van der Waals surface area (Å²) >= 11 is 0. The van der Waals surface area contributed by atoms with E-state index in [0.717, 1.165) is 45.6 Å². The highest BCUT2D eigenvalue weighted by Gasteiger charge is 2.03. The minimum absolute atomic E-state index is 0.0528. The predicted molar refractivity (Wildman–Crippen MR) is 97.2 cm³/mol. The summed E-state index contributed by atoms with van der Waals surface area (Å²) in [4.78, 5) is 20.1. The van der Waals surface area contributed by atoms with E-state index in [4.69, 9.17) is 4.74 Å². The van der Waals surface area contributed by atoms with Crippen molar-refractivity contribution in [2.45, 2.75) is 33.1 Å². The van der Waals surface area contributed by atoms with E-state index in [0.29, 0.717) is 11.6 Å². The summed E-state index contributed by atoms with van der Waals surface area (Å²) in [5, 5.41) is 9.07. The van der Waals surface area contributed by atoms with Crippen molar-refractivity contribution in [1.82, 2.24) is 15.6 Å². The van der Waals surface area contributed by atoms with Crippen LogP contribution in [0.3, 0.4) is 0 Å². The number of nitrogens with one attached hydrogen (secondary N) is 3. The number of carbonyl (C=O) groups is 1. The van der Waals surface area contributed by atoms with Crippen LogP contribution in [0.4, 0.5) is 5.69 Å². The quantitative estimate of drug-likeness (QED) is 0.326. The highest BCUT2D eigenvalue weighted by atomic mass is 16.5. The molecule has 1 aromatic heterocycles. The van der Waals surface area contributed by atoms with Crippen LogP contribution in [0.1, 0.15) is 33.1 Å². The van der Waals surface area contributed by atoms with E-state index >= 15 is 0 Å². The second-order valence-corrected chi connectivity index (χ2v) is 5.23. The lowest BCUT2D eigenvalue weighted by Crippen LogP contribution is -2.38. The molecule has 134 valence electrons. The molecule has 3 N–H and O–H groups in total. The van der Waals surface area contributed by atoms with Crippen LogP contribution in [0.25, 0.3) is 0 Å². The molecule has 0 saturated heterocycles. The fourth-order valence-electron chi connectivity index (χ4n) is 1.86. The average Bonchev–Trinajstić information content (AvgIpc) is 2.59. The summed E-state index contributed by atoms with van der Waals surface area (Å²) in [5.41, 5.74) is 0.667. The van der Waals surface area contributed by atoms with Crippen molar-refractivity contribution < 1.29 is 9.53 Å². The smallest absolute Gasteiger partial charge is 0.246 e. The highest BCUT2D eigenvalue weighted by Crippen LogP contribution is 2.01. The molecular formula is C17H29N5O2. The van der Waals surface area contributed by atoms with Crippen LogP contribution in [0.2, 0.25) is 0 Å². The molecule has 0 aliphatic heterocycles. The van der Waals surface area contributed by atoms with E-state index in [-0.39, 0.29) is 12.5 Å². The fourth-order valence-corrected chi connectivity index (χ4v) is 1.86. The molecule has 0 aliphatic carbocycles. The van der Waals surface area contributed by atoms with Gasteiger partial charge in [-0.05, 0) is 31.9 Å². The molecule has 0 bridgehead atoms. The molecule has 0 spiro atoms. The summed E-state index contributed by atoms with van der Waals surface area (Å²) < 4.78 is 5.51. The van der Waals surface area contributed by atoms with Gasteiger partial charge in [-0.1, -0.05) is 13.3 Å². The van der Waals surface area contributed by atoms with E-state index in [1.807, 2.05) is 6.92 Å². The Bertz CT molecular complexity index is 479. The molecule has 7 heteroatoms. The number of aromatic nitrogens is 1. The van der Waals surface area contributed by atoms with Crippen LogP contribution in [0, 0.1) is 0 Å². The topological polar surface area (TPSA) is 87.6 Å². The van der Waals surface area contributed by atoms with Crippen molar-refractivity contribution in [1.29, 1.82) is 0 Å². The van der Waals surface area contributed by atoms with Gasteiger partial charge in [-0.25, -0.2) is 4.99 Å². The van der Waals surface area contributed by atoms with E-state index in [1.54, 1.807) is 24.5 Å². The van der Waals surface area contributed by atoms with Gasteiger partial charge in [0.1, 0.15) is 6.54 Å². The Balaban J connectivity index is 2.27. The average molecular weight is 335 g/mol. The van der Waals surface area contributed by atoms with Gasteiger partial charge < -0.3 is 20.7 Å². The SMILES string of the molecule is CCCCOCCCNC(=NCC(=O)Nc1cccnc1)NCC. The van der Waals surface area contributed by atoms with E-state index in [9.17, 15) is 4.79 Å². The lowest BCUT2D eigenvalue weighted by molar-refractivity contribution is -0.114. The monoisotopic (exact) mass is 335 g/mol. The van der Waals surface area contributed by atoms with Crippen molar-refractivity contribution in [3.63, 3.8) is 0 Å². The van der Waals surface area contributed by atoms with Crippen LogP contribution >= 0.6 is 0 Å². The largest absolute Gasteiger partial charge is 0.381 e. The first-order valence-corrected chi connectivity index (χ1v) is 8.56. The van der Waals surface area contributed by atoms with Crippen molar-refractivity contribution in [3.05, 3.63) is 24.5 Å². The molecule has 0 radical (unpaired) electrons. The molecular weight excluding hydrogens is 306 g/mol. The molecule has 0 saturated carbocycles. The Hall–Kier alpha value is -2.15. The number of anilines is 1. The third-order valence-corrected chi connectivity index (χ3v) is 3.07. The van der Waals surface area contributed by atoms with Crippen LogP contribution in [-0.2, 0) is 9.53 Å². The van der Waals surface area contributed by atoms with E-state index < -0.39 is 0 Å². The van der Waals surface area contributed by atoms with Gasteiger partial charge in [-0.3, -0.25) is 9.78 Å². The summed E-state index contributed by atoms with van der Waals surface area (Å²) in [6.45, 7) is 7.23. The van der Waals surface area contributed by atoms with Gasteiger partial charge >= 0.3 is 0 Å². The highest BCUT2D eigenvalue weighted by molar-refractivity contribution is 5.93. The number of rotatable bonds is 11. The molecule has 1 rings (SSSR count). The van der Waals surface area contributed by atoms with E-state index in [1.165, 1.54) is 0 Å². The summed E-state index contributed by atoms with van der Waals surface area (Å²) in [6.07, 6.45) is 6.41. The number of aliphatic imine (C=N–C) groups is 1. The second-order valence-electron chi connectivity index (χ2n) is 5.23. The van der Waals surface area contributed by atoms with Gasteiger partial charge in [-0.2, -0.15) is 0 Å². The molecule has 1 aromatic rings. The van der Waals surface area contributed by atoms with Gasteiger partial charge in [0.2, 0.25) is 5.91 Å². The first-order chi connectivity index (χ1) is 11.8. The fraction of sp³-hybridized carbons (Fsp3) is 0.588. The normalized spacial score (nSPS) is 11.2. The van der Waals surface area contributed by atoms with Crippen molar-refractivity contribution in [3.8, 4) is 0 Å². The molecule has 24 heavy (non-hydrogen) atoms. The van der Waals surface area contributed by atoms with Crippen molar-refractivity contribution in [2.75, 3.05) is 38.2 Å². The number of carbonyl (C=O) groups excluding carboxylic acids is 1. The third kappa shape index (κ3) is 9.78. The molecule has 7 nitrogen and oxygen atoms in total. The Morgan fingerprint density at radius 2 is 2.08 bits per heavy atom. The Labute approximate surface area is 144 Å². The lowest BCUT2D eigenvalue weighted by Gasteiger charge is -2.11. The first-order valence-electron chi connectivity index (χ1n) is 8.56. The molecule has 0 fully saturated rings. The van der Waals surface area contributed by atoms with Crippen LogP contribution < -0.4 is 16.0 Å². The minimum Gasteiger partial charge on any atom is -0.381 e. The maximum atomic E-state index is 11.9. The number of hydrogen-bond acceptors (Lipinski definition) is 4. The van der Waals surface area contributed by atoms with Crippen LogP contribution in [0.15, 0.2) is 29.5 Å². The van der Waals surface area contributed by atoms with Crippen LogP contribution in [-0.4, -0.2) is 49.7 Å². The summed E-state index contributed by atoms with van der Waals surface area (Å²) in [5.74, 6) is 0.454. The standard InChI is InChI=1S/C17H29N5O2/c1-3-5-11-24-12-7-10-20-17(19-4-2)21-14-16(23)22-15-8-6-9-18-13-15/h6,8-9,13H,3-5,7,10-12,14H2,1-2H3,(H,22,23)(H2,19,20,21). The maximum absolute atomic E-state index is 11.9. The molecule has 1 heterocycles. The Kier molecular flexibility index (Phi) is 11.0. The predicted octanol–water partition coefficient (Wildman–Crippen LogP) is 1.78. The number of nitrogens with zero attached hydrogens (tertiary/aromatic N) is 2. The van der Waals surface area contributed by atoms with Gasteiger partial charge in [0, 0.05) is 32.5 Å². The third-order valence-electron chi connectivity index (χ3n) is 3.07. The van der Waals surface area contributed by atoms with Gasteiger partial charge in [0.15, 0.2) is 5.96 Å². The summed E-state index contributed by atoms with van der Waals surface area (Å²) in [7, 11) is 0. The van der Waals surface area contributed by atoms with Gasteiger partial charge in [0.05, 0.1) is 11.9 Å². The van der Waals surface area contributed by atoms with Gasteiger partial charge in [0.25, 0.3) is 0 Å². The minimum atomic E-state index is -0.178. The number of amides is 1. The van der Waals surface area contributed by atoms with Crippen molar-refractivity contribution >= 4 is 17.6 Å². The zero-order chi connectivity index (χ0) is 17.5. The molecule has 1 amide bonds. The maximum Gasteiger partial charge on any atom is 0.246 e.